The molecule has 0 saturated carbocycles. The van der Waals surface area contributed by atoms with E-state index < -0.39 is 10.0 Å². The average Bonchev–Trinajstić information content (AvgIpc) is 2.74. The summed E-state index contributed by atoms with van der Waals surface area (Å²) < 4.78 is 32.4. The number of hydrogen-bond acceptors (Lipinski definition) is 6. The number of sulfonamides is 1. The molecule has 2 saturated heterocycles. The molecule has 0 spiro atoms. The molecule has 0 aromatic heterocycles. The van der Waals surface area contributed by atoms with E-state index in [0.29, 0.717) is 64.5 Å². The highest BCUT2D eigenvalue weighted by molar-refractivity contribution is 7.89. The second-order valence-corrected chi connectivity index (χ2v) is 9.15. The molecule has 0 unspecified atom stereocenters. The van der Waals surface area contributed by atoms with Gasteiger partial charge in [-0.3, -0.25) is 4.79 Å². The highest BCUT2D eigenvalue weighted by Crippen LogP contribution is 2.20. The van der Waals surface area contributed by atoms with Gasteiger partial charge < -0.3 is 19.4 Å². The van der Waals surface area contributed by atoms with E-state index in [1.54, 1.807) is 28.9 Å². The summed E-state index contributed by atoms with van der Waals surface area (Å²) in [4.78, 5) is 30.1. The van der Waals surface area contributed by atoms with Crippen molar-refractivity contribution in [2.45, 2.75) is 11.8 Å². The highest BCUT2D eigenvalue weighted by atomic mass is 32.2. The van der Waals surface area contributed by atoms with Crippen LogP contribution in [-0.2, 0) is 14.8 Å². The molecular formula is C19H28N4O5S. The summed E-state index contributed by atoms with van der Waals surface area (Å²) in [6, 6.07) is 6.21. The van der Waals surface area contributed by atoms with Gasteiger partial charge in [0.1, 0.15) is 0 Å². The SMILES string of the molecule is CCOC(=O)N1CCN(C(=O)c2cccc(S(=O)(=O)N3CCN(C)CC3)c2)CC1. The smallest absolute Gasteiger partial charge is 0.409 e. The number of ether oxygens (including phenoxy) is 1. The highest BCUT2D eigenvalue weighted by Gasteiger charge is 2.29. The molecule has 2 amide bonds. The zero-order valence-electron chi connectivity index (χ0n) is 16.9. The number of carbonyl (C=O) groups excluding carboxylic acids is 2. The lowest BCUT2D eigenvalue weighted by molar-refractivity contribution is 0.0570. The fourth-order valence-corrected chi connectivity index (χ4v) is 4.93. The van der Waals surface area contributed by atoms with E-state index in [-0.39, 0.29) is 16.9 Å². The zero-order valence-corrected chi connectivity index (χ0v) is 17.7. The Morgan fingerprint density at radius 2 is 1.59 bits per heavy atom. The number of hydrogen-bond donors (Lipinski definition) is 0. The lowest BCUT2D eigenvalue weighted by Crippen LogP contribution is -2.50. The molecule has 2 fully saturated rings. The molecule has 1 aromatic carbocycles. The van der Waals surface area contributed by atoms with Crippen molar-refractivity contribution in [3.05, 3.63) is 29.8 Å². The molecule has 9 nitrogen and oxygen atoms in total. The Labute approximate surface area is 171 Å². The molecule has 0 aliphatic carbocycles. The van der Waals surface area contributed by atoms with Crippen molar-refractivity contribution in [2.24, 2.45) is 0 Å². The van der Waals surface area contributed by atoms with Gasteiger partial charge in [-0.05, 0) is 32.2 Å². The van der Waals surface area contributed by atoms with Crippen LogP contribution in [0.3, 0.4) is 0 Å². The van der Waals surface area contributed by atoms with E-state index in [1.165, 1.54) is 16.4 Å². The first-order chi connectivity index (χ1) is 13.8. The zero-order chi connectivity index (χ0) is 21.0. The molecule has 0 atom stereocenters. The third-order valence-electron chi connectivity index (χ3n) is 5.27. The van der Waals surface area contributed by atoms with Gasteiger partial charge >= 0.3 is 6.09 Å². The molecule has 0 radical (unpaired) electrons. The van der Waals surface area contributed by atoms with Crippen LogP contribution >= 0.6 is 0 Å². The van der Waals surface area contributed by atoms with Crippen LogP contribution in [0.25, 0.3) is 0 Å². The third-order valence-corrected chi connectivity index (χ3v) is 7.17. The molecule has 160 valence electrons. The van der Waals surface area contributed by atoms with Crippen LogP contribution in [0, 0.1) is 0 Å². The Bertz CT molecular complexity index is 844. The fourth-order valence-electron chi connectivity index (χ4n) is 3.46. The summed E-state index contributed by atoms with van der Waals surface area (Å²) in [6.45, 7) is 5.85. The first-order valence-corrected chi connectivity index (χ1v) is 11.3. The van der Waals surface area contributed by atoms with E-state index in [4.69, 9.17) is 4.74 Å². The van der Waals surface area contributed by atoms with Gasteiger partial charge in [0.25, 0.3) is 5.91 Å². The largest absolute Gasteiger partial charge is 0.450 e. The summed E-state index contributed by atoms with van der Waals surface area (Å²) in [5.41, 5.74) is 0.338. The third kappa shape index (κ3) is 4.88. The van der Waals surface area contributed by atoms with Gasteiger partial charge in [0.05, 0.1) is 11.5 Å². The quantitative estimate of drug-likeness (QED) is 0.701. The second kappa shape index (κ2) is 9.10. The van der Waals surface area contributed by atoms with Gasteiger partial charge in [-0.25, -0.2) is 13.2 Å². The maximum Gasteiger partial charge on any atom is 0.409 e. The van der Waals surface area contributed by atoms with Gasteiger partial charge in [-0.2, -0.15) is 4.31 Å². The minimum Gasteiger partial charge on any atom is -0.450 e. The average molecular weight is 425 g/mol. The van der Waals surface area contributed by atoms with Crippen LogP contribution in [-0.4, -0.2) is 105 Å². The summed E-state index contributed by atoms with van der Waals surface area (Å²) in [5, 5.41) is 0. The van der Waals surface area contributed by atoms with Gasteiger partial charge in [0.2, 0.25) is 10.0 Å². The molecule has 3 rings (SSSR count). The van der Waals surface area contributed by atoms with Crippen molar-refractivity contribution in [1.82, 2.24) is 19.0 Å². The van der Waals surface area contributed by atoms with E-state index in [9.17, 15) is 18.0 Å². The predicted molar refractivity (Wildman–Crippen MR) is 107 cm³/mol. The molecule has 2 heterocycles. The predicted octanol–water partition coefficient (Wildman–Crippen LogP) is 0.537. The Morgan fingerprint density at radius 1 is 0.966 bits per heavy atom. The maximum absolute atomic E-state index is 12.9. The number of amides is 2. The number of benzene rings is 1. The first kappa shape index (κ1) is 21.5. The number of likely N-dealkylation sites (N-methyl/N-ethyl adjacent to an activating group) is 1. The molecule has 1 aromatic rings. The maximum atomic E-state index is 12.9. The van der Waals surface area contributed by atoms with Crippen molar-refractivity contribution in [3.8, 4) is 0 Å². The normalized spacial score (nSPS) is 19.2. The van der Waals surface area contributed by atoms with Gasteiger partial charge in [-0.15, -0.1) is 0 Å². The molecular weight excluding hydrogens is 396 g/mol. The van der Waals surface area contributed by atoms with Crippen molar-refractivity contribution in [2.75, 3.05) is 66.0 Å². The van der Waals surface area contributed by atoms with Crippen molar-refractivity contribution in [3.63, 3.8) is 0 Å². The van der Waals surface area contributed by atoms with E-state index in [1.807, 2.05) is 7.05 Å². The Hall–Kier alpha value is -2.17. The first-order valence-electron chi connectivity index (χ1n) is 9.82. The molecule has 29 heavy (non-hydrogen) atoms. The van der Waals surface area contributed by atoms with Crippen molar-refractivity contribution in [1.29, 1.82) is 0 Å². The van der Waals surface area contributed by atoms with Crippen LogP contribution in [0.5, 0.6) is 0 Å². The lowest BCUT2D eigenvalue weighted by atomic mass is 10.2. The molecule has 2 aliphatic rings. The van der Waals surface area contributed by atoms with Crippen LogP contribution in [0.2, 0.25) is 0 Å². The van der Waals surface area contributed by atoms with Crippen LogP contribution in [0.4, 0.5) is 4.79 Å². The molecule has 0 N–H and O–H groups in total. The Morgan fingerprint density at radius 3 is 2.21 bits per heavy atom. The summed E-state index contributed by atoms with van der Waals surface area (Å²) in [6.07, 6.45) is -0.375. The lowest BCUT2D eigenvalue weighted by Gasteiger charge is -2.34. The second-order valence-electron chi connectivity index (χ2n) is 7.21. The number of rotatable bonds is 4. The Kier molecular flexibility index (Phi) is 6.76. The fraction of sp³-hybridized carbons (Fsp3) is 0.579. The van der Waals surface area contributed by atoms with Crippen LogP contribution in [0.1, 0.15) is 17.3 Å². The number of nitrogens with zero attached hydrogens (tertiary/aromatic N) is 4. The van der Waals surface area contributed by atoms with Crippen molar-refractivity contribution < 1.29 is 22.7 Å². The molecule has 0 bridgehead atoms. The van der Waals surface area contributed by atoms with E-state index in [0.717, 1.165) is 0 Å². The minimum absolute atomic E-state index is 0.137. The summed E-state index contributed by atoms with van der Waals surface area (Å²) in [7, 11) is -1.67. The monoisotopic (exact) mass is 424 g/mol. The van der Waals surface area contributed by atoms with E-state index in [2.05, 4.69) is 4.90 Å². The number of carbonyl (C=O) groups is 2. The minimum atomic E-state index is -3.63. The van der Waals surface area contributed by atoms with Crippen LogP contribution in [0.15, 0.2) is 29.2 Å². The summed E-state index contributed by atoms with van der Waals surface area (Å²) >= 11 is 0. The molecule has 10 heteroatoms. The van der Waals surface area contributed by atoms with Crippen molar-refractivity contribution >= 4 is 22.0 Å². The van der Waals surface area contributed by atoms with Crippen LogP contribution < -0.4 is 0 Å². The van der Waals surface area contributed by atoms with Gasteiger partial charge in [0, 0.05) is 57.9 Å². The van der Waals surface area contributed by atoms with Gasteiger partial charge in [-0.1, -0.05) is 6.07 Å². The topological polar surface area (TPSA) is 90.5 Å². The Balaban J connectivity index is 1.68. The summed E-state index contributed by atoms with van der Waals surface area (Å²) in [5.74, 6) is -0.232. The van der Waals surface area contributed by atoms with Gasteiger partial charge in [0.15, 0.2) is 0 Å². The van der Waals surface area contributed by atoms with E-state index >= 15 is 0 Å². The molecule has 2 aliphatic heterocycles. The number of piperazine rings is 2. The standard InChI is InChI=1S/C19H28N4O5S/c1-3-28-19(25)22-11-9-21(10-12-22)18(24)16-5-4-6-17(15-16)29(26,27)23-13-7-20(2)8-14-23/h4-6,15H,3,7-14H2,1-2H3.